The highest BCUT2D eigenvalue weighted by atomic mass is 32.1. The number of aryl methyl sites for hydroxylation is 2. The quantitative estimate of drug-likeness (QED) is 0.697. The molecule has 3 aromatic rings. The van der Waals surface area contributed by atoms with Gasteiger partial charge in [0.25, 0.3) is 5.56 Å². The molecular weight excluding hydrogens is 364 g/mol. The first kappa shape index (κ1) is 17.2. The minimum absolute atomic E-state index is 0.0198. The lowest BCUT2D eigenvalue weighted by atomic mass is 10.2. The Hall–Kier alpha value is -2.59. The van der Waals surface area contributed by atoms with Gasteiger partial charge in [-0.15, -0.1) is 22.7 Å². The maximum absolute atomic E-state index is 12.3. The van der Waals surface area contributed by atoms with Gasteiger partial charge in [-0.3, -0.25) is 9.59 Å². The van der Waals surface area contributed by atoms with Gasteiger partial charge in [-0.05, 0) is 12.5 Å². The average Bonchev–Trinajstić information content (AvgIpc) is 3.13. The highest BCUT2D eigenvalue weighted by molar-refractivity contribution is 7.20. The van der Waals surface area contributed by atoms with Gasteiger partial charge >= 0.3 is 5.97 Å². The number of thiophene rings is 1. The van der Waals surface area contributed by atoms with Crippen LogP contribution in [-0.4, -0.2) is 26.4 Å². The predicted octanol–water partition coefficient (Wildman–Crippen LogP) is 2.08. The van der Waals surface area contributed by atoms with Gasteiger partial charge in [-0.25, -0.2) is 14.8 Å². The van der Waals surface area contributed by atoms with E-state index >= 15 is 0 Å². The SMILES string of the molecule is CC(=O)Nc1nc(COC(=O)c2sc3ncn(C)c(=O)c3c2C)cs1. The van der Waals surface area contributed by atoms with Gasteiger partial charge in [0, 0.05) is 19.4 Å². The predicted molar refractivity (Wildman–Crippen MR) is 95.1 cm³/mol. The molecule has 10 heteroatoms. The zero-order valence-corrected chi connectivity index (χ0v) is 15.3. The molecule has 0 saturated heterocycles. The number of fused-ring (bicyclic) bond motifs is 1. The minimum Gasteiger partial charge on any atom is -0.455 e. The summed E-state index contributed by atoms with van der Waals surface area (Å²) in [5.41, 5.74) is 0.906. The number of nitrogens with zero attached hydrogens (tertiary/aromatic N) is 3. The molecule has 0 fully saturated rings. The summed E-state index contributed by atoms with van der Waals surface area (Å²) in [4.78, 5) is 44.7. The monoisotopic (exact) mass is 378 g/mol. The summed E-state index contributed by atoms with van der Waals surface area (Å²) in [6.07, 6.45) is 1.43. The van der Waals surface area contributed by atoms with E-state index in [1.54, 1.807) is 19.4 Å². The Labute approximate surface area is 150 Å². The highest BCUT2D eigenvalue weighted by Gasteiger charge is 2.20. The van der Waals surface area contributed by atoms with Gasteiger partial charge in [0.05, 0.1) is 17.4 Å². The molecule has 1 amide bonds. The van der Waals surface area contributed by atoms with Gasteiger partial charge in [-0.1, -0.05) is 0 Å². The molecule has 1 N–H and O–H groups in total. The number of carbonyl (C=O) groups is 2. The van der Waals surface area contributed by atoms with Crippen LogP contribution in [0, 0.1) is 6.92 Å². The fraction of sp³-hybridized carbons (Fsp3) is 0.267. The van der Waals surface area contributed by atoms with Gasteiger partial charge in [0.1, 0.15) is 16.3 Å². The minimum atomic E-state index is -0.531. The molecule has 0 atom stereocenters. The molecule has 0 unspecified atom stereocenters. The summed E-state index contributed by atoms with van der Waals surface area (Å²) in [7, 11) is 1.61. The molecule has 130 valence electrons. The van der Waals surface area contributed by atoms with Crippen molar-refractivity contribution in [2.45, 2.75) is 20.5 Å². The lowest BCUT2D eigenvalue weighted by molar-refractivity contribution is -0.114. The number of aromatic nitrogens is 3. The number of ether oxygens (including phenoxy) is 1. The normalized spacial score (nSPS) is 10.8. The fourth-order valence-corrected chi connectivity index (χ4v) is 3.96. The van der Waals surface area contributed by atoms with Gasteiger partial charge in [0.15, 0.2) is 5.13 Å². The number of nitrogens with one attached hydrogen (secondary N) is 1. The molecular formula is C15H14N4O4S2. The van der Waals surface area contributed by atoms with Crippen molar-refractivity contribution in [1.29, 1.82) is 0 Å². The molecule has 3 aromatic heterocycles. The zero-order valence-electron chi connectivity index (χ0n) is 13.7. The lowest BCUT2D eigenvalue weighted by Crippen LogP contribution is -2.16. The maximum Gasteiger partial charge on any atom is 0.349 e. The van der Waals surface area contributed by atoms with Crippen molar-refractivity contribution in [2.75, 3.05) is 5.32 Å². The number of esters is 1. The molecule has 0 aliphatic heterocycles. The van der Waals surface area contributed by atoms with Gasteiger partial charge in [-0.2, -0.15) is 0 Å². The topological polar surface area (TPSA) is 103 Å². The number of thiazole rings is 1. The standard InChI is InChI=1S/C15H14N4O4S2/c1-7-10-12(16-6-19(3)13(10)21)25-11(7)14(22)23-4-9-5-24-15(18-9)17-8(2)20/h5-6H,4H2,1-3H3,(H,17,18,20). The third-order valence-electron chi connectivity index (χ3n) is 3.38. The van der Waals surface area contributed by atoms with E-state index in [9.17, 15) is 14.4 Å². The van der Waals surface area contributed by atoms with Crippen molar-refractivity contribution in [1.82, 2.24) is 14.5 Å². The second-order valence-electron chi connectivity index (χ2n) is 5.30. The third-order valence-corrected chi connectivity index (χ3v) is 5.37. The van der Waals surface area contributed by atoms with E-state index in [2.05, 4.69) is 15.3 Å². The van der Waals surface area contributed by atoms with Crippen molar-refractivity contribution >= 4 is 49.9 Å². The van der Waals surface area contributed by atoms with Crippen LogP contribution in [0.15, 0.2) is 16.5 Å². The van der Waals surface area contributed by atoms with Crippen LogP contribution in [0.5, 0.6) is 0 Å². The van der Waals surface area contributed by atoms with Gasteiger partial charge in [0.2, 0.25) is 5.91 Å². The molecule has 25 heavy (non-hydrogen) atoms. The Morgan fingerprint density at radius 1 is 1.40 bits per heavy atom. The molecule has 0 saturated carbocycles. The van der Waals surface area contributed by atoms with Crippen molar-refractivity contribution < 1.29 is 14.3 Å². The van der Waals surface area contributed by atoms with Crippen molar-refractivity contribution in [2.24, 2.45) is 7.05 Å². The Morgan fingerprint density at radius 2 is 2.16 bits per heavy atom. The second kappa shape index (κ2) is 6.73. The molecule has 0 aromatic carbocycles. The molecule has 0 aliphatic rings. The average molecular weight is 378 g/mol. The lowest BCUT2D eigenvalue weighted by Gasteiger charge is -2.02. The highest BCUT2D eigenvalue weighted by Crippen LogP contribution is 2.27. The number of rotatable bonds is 4. The summed E-state index contributed by atoms with van der Waals surface area (Å²) in [6, 6.07) is 0. The Morgan fingerprint density at radius 3 is 2.88 bits per heavy atom. The van der Waals surface area contributed by atoms with Crippen molar-refractivity contribution in [3.63, 3.8) is 0 Å². The van der Waals surface area contributed by atoms with E-state index in [1.807, 2.05) is 0 Å². The molecule has 3 heterocycles. The van der Waals surface area contributed by atoms with Crippen LogP contribution >= 0.6 is 22.7 Å². The summed E-state index contributed by atoms with van der Waals surface area (Å²) < 4.78 is 6.65. The number of carbonyl (C=O) groups excluding carboxylic acids is 2. The Bertz CT molecular complexity index is 1030. The van der Waals surface area contributed by atoms with Crippen LogP contribution in [0.4, 0.5) is 5.13 Å². The van der Waals surface area contributed by atoms with E-state index in [1.165, 1.54) is 29.2 Å². The molecule has 8 nitrogen and oxygen atoms in total. The van der Waals surface area contributed by atoms with Crippen LogP contribution in [0.2, 0.25) is 0 Å². The Balaban J connectivity index is 1.78. The van der Waals surface area contributed by atoms with Gasteiger partial charge < -0.3 is 14.6 Å². The van der Waals surface area contributed by atoms with E-state index in [0.717, 1.165) is 11.3 Å². The fourth-order valence-electron chi connectivity index (χ4n) is 2.19. The van der Waals surface area contributed by atoms with Crippen LogP contribution in [0.3, 0.4) is 0 Å². The summed E-state index contributed by atoms with van der Waals surface area (Å²) >= 11 is 2.38. The van der Waals surface area contributed by atoms with Crippen LogP contribution in [-0.2, 0) is 23.2 Å². The first-order valence-electron chi connectivity index (χ1n) is 7.20. The van der Waals surface area contributed by atoms with Crippen LogP contribution in [0.25, 0.3) is 10.2 Å². The van der Waals surface area contributed by atoms with Crippen molar-refractivity contribution in [3.8, 4) is 0 Å². The van der Waals surface area contributed by atoms with E-state index < -0.39 is 5.97 Å². The second-order valence-corrected chi connectivity index (χ2v) is 7.16. The largest absolute Gasteiger partial charge is 0.455 e. The summed E-state index contributed by atoms with van der Waals surface area (Å²) in [5.74, 6) is -0.746. The number of amides is 1. The molecule has 0 bridgehead atoms. The van der Waals surface area contributed by atoms with E-state index in [4.69, 9.17) is 4.74 Å². The first-order valence-corrected chi connectivity index (χ1v) is 8.90. The number of hydrogen-bond acceptors (Lipinski definition) is 8. The van der Waals surface area contributed by atoms with Crippen LogP contribution < -0.4 is 10.9 Å². The summed E-state index contributed by atoms with van der Waals surface area (Å²) in [6.45, 7) is 3.08. The summed E-state index contributed by atoms with van der Waals surface area (Å²) in [5, 5.41) is 5.15. The van der Waals surface area contributed by atoms with Crippen LogP contribution in [0.1, 0.15) is 27.9 Å². The zero-order chi connectivity index (χ0) is 18.1. The third kappa shape index (κ3) is 3.44. The molecule has 0 aliphatic carbocycles. The maximum atomic E-state index is 12.3. The molecule has 0 spiro atoms. The van der Waals surface area contributed by atoms with Crippen molar-refractivity contribution in [3.05, 3.63) is 38.2 Å². The molecule has 3 rings (SSSR count). The van der Waals surface area contributed by atoms with E-state index in [-0.39, 0.29) is 18.1 Å². The van der Waals surface area contributed by atoms with E-state index in [0.29, 0.717) is 31.5 Å². The Kier molecular flexibility index (Phi) is 4.64. The first-order chi connectivity index (χ1) is 11.9. The molecule has 0 radical (unpaired) electrons. The number of anilines is 1. The number of hydrogen-bond donors (Lipinski definition) is 1. The smallest absolute Gasteiger partial charge is 0.349 e.